The van der Waals surface area contributed by atoms with Crippen molar-refractivity contribution in [3.05, 3.63) is 107 Å². The highest BCUT2D eigenvalue weighted by Crippen LogP contribution is 2.34. The Kier molecular flexibility index (Phi) is 4.83. The average molecular weight is 396 g/mol. The molecule has 0 bridgehead atoms. The van der Waals surface area contributed by atoms with Crippen molar-refractivity contribution in [3.8, 4) is 0 Å². The van der Waals surface area contributed by atoms with Crippen molar-refractivity contribution in [2.24, 2.45) is 9.98 Å². The largest absolute Gasteiger partial charge is 0.467 e. The molecule has 0 radical (unpaired) electrons. The molecule has 5 rings (SSSR count). The van der Waals surface area contributed by atoms with Crippen LogP contribution in [0.2, 0.25) is 0 Å². The van der Waals surface area contributed by atoms with Crippen LogP contribution in [0.3, 0.4) is 0 Å². The molecule has 3 aromatic rings. The van der Waals surface area contributed by atoms with Gasteiger partial charge in [-0.25, -0.2) is 9.98 Å². The molecule has 2 aliphatic heterocycles. The summed E-state index contributed by atoms with van der Waals surface area (Å²) >= 11 is 0. The lowest BCUT2D eigenvalue weighted by Gasteiger charge is -2.17. The Labute approximate surface area is 176 Å². The number of hydrogen-bond acceptors (Lipinski definition) is 4. The summed E-state index contributed by atoms with van der Waals surface area (Å²) in [6, 6.07) is 28.6. The summed E-state index contributed by atoms with van der Waals surface area (Å²) in [4.78, 5) is 9.66. The average Bonchev–Trinajstić information content (AvgIpc) is 3.38. The molecule has 4 nitrogen and oxygen atoms in total. The van der Waals surface area contributed by atoms with E-state index in [1.165, 1.54) is 0 Å². The van der Waals surface area contributed by atoms with Crippen LogP contribution in [0.4, 0.5) is 0 Å². The second kappa shape index (κ2) is 7.79. The first-order valence-corrected chi connectivity index (χ1v) is 10.4. The van der Waals surface area contributed by atoms with Crippen LogP contribution in [0, 0.1) is 0 Å². The van der Waals surface area contributed by atoms with Gasteiger partial charge in [0.15, 0.2) is 0 Å². The predicted octanol–water partition coefficient (Wildman–Crippen LogP) is 5.50. The van der Waals surface area contributed by atoms with E-state index in [1.807, 2.05) is 60.7 Å². The topological polar surface area (TPSA) is 43.2 Å². The summed E-state index contributed by atoms with van der Waals surface area (Å²) < 4.78 is 12.6. The number of rotatable bonds is 4. The number of benzene rings is 3. The molecule has 2 heterocycles. The maximum absolute atomic E-state index is 6.32. The second-order valence-corrected chi connectivity index (χ2v) is 7.79. The predicted molar refractivity (Wildman–Crippen MR) is 119 cm³/mol. The van der Waals surface area contributed by atoms with E-state index in [9.17, 15) is 0 Å². The van der Waals surface area contributed by atoms with Gasteiger partial charge in [0.25, 0.3) is 0 Å². The van der Waals surface area contributed by atoms with Gasteiger partial charge in [0.2, 0.25) is 11.8 Å². The van der Waals surface area contributed by atoms with Gasteiger partial charge < -0.3 is 9.47 Å². The molecular formula is C26H24N2O2. The summed E-state index contributed by atoms with van der Waals surface area (Å²) in [6.07, 6.45) is -0.173. The Morgan fingerprint density at radius 2 is 0.900 bits per heavy atom. The van der Waals surface area contributed by atoms with Crippen molar-refractivity contribution in [2.75, 3.05) is 0 Å². The molecule has 0 N–H and O–H groups in total. The molecule has 4 atom stereocenters. The molecule has 0 aliphatic carbocycles. The molecule has 0 amide bonds. The second-order valence-electron chi connectivity index (χ2n) is 7.79. The van der Waals surface area contributed by atoms with Crippen LogP contribution in [-0.4, -0.2) is 23.9 Å². The van der Waals surface area contributed by atoms with Crippen LogP contribution in [0.15, 0.2) is 94.9 Å². The molecule has 3 aromatic carbocycles. The van der Waals surface area contributed by atoms with Gasteiger partial charge >= 0.3 is 0 Å². The van der Waals surface area contributed by atoms with Gasteiger partial charge in [0.05, 0.1) is 12.1 Å². The molecule has 0 spiro atoms. The van der Waals surface area contributed by atoms with E-state index < -0.39 is 0 Å². The summed E-state index contributed by atoms with van der Waals surface area (Å²) in [5.41, 5.74) is 4.10. The highest BCUT2D eigenvalue weighted by molar-refractivity contribution is 6.08. The van der Waals surface area contributed by atoms with E-state index in [2.05, 4.69) is 38.1 Å². The minimum Gasteiger partial charge on any atom is -0.467 e. The van der Waals surface area contributed by atoms with Crippen LogP contribution < -0.4 is 0 Å². The van der Waals surface area contributed by atoms with E-state index in [0.717, 1.165) is 22.3 Å². The van der Waals surface area contributed by atoms with Crippen LogP contribution >= 0.6 is 0 Å². The van der Waals surface area contributed by atoms with Gasteiger partial charge in [-0.2, -0.15) is 0 Å². The third-order valence-electron chi connectivity index (χ3n) is 5.64. The molecule has 30 heavy (non-hydrogen) atoms. The van der Waals surface area contributed by atoms with Crippen molar-refractivity contribution in [2.45, 2.75) is 38.1 Å². The fraction of sp³-hybridized carbons (Fsp3) is 0.231. The summed E-state index contributed by atoms with van der Waals surface area (Å²) in [6.45, 7) is 4.18. The Morgan fingerprint density at radius 3 is 1.30 bits per heavy atom. The van der Waals surface area contributed by atoms with Crippen molar-refractivity contribution in [1.82, 2.24) is 0 Å². The Bertz CT molecular complexity index is 1000. The van der Waals surface area contributed by atoms with E-state index in [0.29, 0.717) is 11.8 Å². The maximum Gasteiger partial charge on any atom is 0.218 e. The van der Waals surface area contributed by atoms with Crippen molar-refractivity contribution >= 4 is 11.8 Å². The molecule has 2 aliphatic rings. The van der Waals surface area contributed by atoms with E-state index in [-0.39, 0.29) is 24.3 Å². The summed E-state index contributed by atoms with van der Waals surface area (Å²) in [5, 5.41) is 0. The van der Waals surface area contributed by atoms with Gasteiger partial charge in [-0.3, -0.25) is 0 Å². The smallest absolute Gasteiger partial charge is 0.218 e. The first-order chi connectivity index (χ1) is 14.7. The van der Waals surface area contributed by atoms with E-state index in [1.54, 1.807) is 0 Å². The third-order valence-corrected chi connectivity index (χ3v) is 5.64. The molecule has 0 saturated carbocycles. The van der Waals surface area contributed by atoms with Crippen LogP contribution in [0.1, 0.15) is 48.3 Å². The zero-order valence-corrected chi connectivity index (χ0v) is 17.1. The minimum atomic E-state index is -0.0864. The van der Waals surface area contributed by atoms with Gasteiger partial charge in [-0.1, -0.05) is 72.8 Å². The Morgan fingerprint density at radius 1 is 0.533 bits per heavy atom. The van der Waals surface area contributed by atoms with Crippen LogP contribution in [0.25, 0.3) is 0 Å². The molecule has 4 heteroatoms. The van der Waals surface area contributed by atoms with Crippen molar-refractivity contribution < 1.29 is 9.47 Å². The first-order valence-electron chi connectivity index (χ1n) is 10.4. The fourth-order valence-corrected chi connectivity index (χ4v) is 4.10. The van der Waals surface area contributed by atoms with Gasteiger partial charge in [-0.15, -0.1) is 0 Å². The molecule has 0 aromatic heterocycles. The quantitative estimate of drug-likeness (QED) is 0.584. The summed E-state index contributed by atoms with van der Waals surface area (Å²) in [7, 11) is 0. The van der Waals surface area contributed by atoms with Crippen molar-refractivity contribution in [1.29, 1.82) is 0 Å². The minimum absolute atomic E-state index is 0.0397. The lowest BCUT2D eigenvalue weighted by Crippen LogP contribution is -2.14. The molecule has 0 saturated heterocycles. The first kappa shape index (κ1) is 18.6. The standard InChI is InChI=1S/C26H24N2O2/c1-17-23(19-11-5-3-6-12-19)29-25(27-17)21-15-9-10-16-22(21)26-28-18(2)24(30-26)20-13-7-4-8-14-20/h3-18,23-24H,1-2H3/t17-,18-,23+,24+/m0/s1. The lowest BCUT2D eigenvalue weighted by atomic mass is 10.0. The van der Waals surface area contributed by atoms with Gasteiger partial charge in [0, 0.05) is 11.1 Å². The zero-order chi connectivity index (χ0) is 20.5. The SMILES string of the molecule is C[C@@H]1N=C(c2ccccc2C2=N[C@@H](C)[C@H](c3ccccc3)O2)O[C@H]1c1ccccc1. The van der Waals surface area contributed by atoms with E-state index >= 15 is 0 Å². The highest BCUT2D eigenvalue weighted by Gasteiger charge is 2.34. The van der Waals surface area contributed by atoms with Crippen molar-refractivity contribution in [3.63, 3.8) is 0 Å². The van der Waals surface area contributed by atoms with Crippen LogP contribution in [-0.2, 0) is 9.47 Å². The van der Waals surface area contributed by atoms with E-state index in [4.69, 9.17) is 19.5 Å². The number of ether oxygens (including phenoxy) is 2. The number of hydrogen-bond donors (Lipinski definition) is 0. The maximum atomic E-state index is 6.32. The molecular weight excluding hydrogens is 372 g/mol. The molecule has 150 valence electrons. The Hall–Kier alpha value is -3.40. The van der Waals surface area contributed by atoms with Gasteiger partial charge in [0.1, 0.15) is 12.2 Å². The normalized spacial score (nSPS) is 25.3. The fourth-order valence-electron chi connectivity index (χ4n) is 4.10. The molecule has 0 fully saturated rings. The van der Waals surface area contributed by atoms with Gasteiger partial charge in [-0.05, 0) is 37.1 Å². The van der Waals surface area contributed by atoms with Crippen LogP contribution in [0.5, 0.6) is 0 Å². The highest BCUT2D eigenvalue weighted by atomic mass is 16.5. The summed E-state index contributed by atoms with van der Waals surface area (Å²) in [5.74, 6) is 1.29. The third kappa shape index (κ3) is 3.39. The zero-order valence-electron chi connectivity index (χ0n) is 17.1. The lowest BCUT2D eigenvalue weighted by molar-refractivity contribution is 0.200. The molecule has 0 unspecified atom stereocenters. The monoisotopic (exact) mass is 396 g/mol. The number of aliphatic imine (C=N–C) groups is 2. The Balaban J connectivity index is 1.43. The number of nitrogens with zero attached hydrogens (tertiary/aromatic N) is 2.